The van der Waals surface area contributed by atoms with Gasteiger partial charge in [-0.3, -0.25) is 4.79 Å². The average Bonchev–Trinajstić information content (AvgIpc) is 3.46. The molecule has 2 aliphatic rings. The Morgan fingerprint density at radius 2 is 1.83 bits per heavy atom. The summed E-state index contributed by atoms with van der Waals surface area (Å²) in [5.74, 6) is 0.464. The van der Waals surface area contributed by atoms with Crippen LogP contribution in [0.15, 0.2) is 46.0 Å². The van der Waals surface area contributed by atoms with Gasteiger partial charge < -0.3 is 9.64 Å². The van der Waals surface area contributed by atoms with E-state index in [1.165, 1.54) is 0 Å². The third-order valence-electron chi connectivity index (χ3n) is 5.38. The molecule has 1 amide bonds. The topological polar surface area (TPSA) is 66.9 Å². The Balaban J connectivity index is 1.35. The van der Waals surface area contributed by atoms with Crippen molar-refractivity contribution in [3.63, 3.8) is 0 Å². The highest BCUT2D eigenvalue weighted by atomic mass is 32.2. The molecule has 0 unspecified atom stereocenters. The normalized spacial score (nSPS) is 17.8. The van der Waals surface area contributed by atoms with Gasteiger partial charge in [-0.05, 0) is 72.3 Å². The van der Waals surface area contributed by atoms with Crippen molar-refractivity contribution in [1.82, 2.24) is 9.21 Å². The molecule has 1 aromatic heterocycles. The van der Waals surface area contributed by atoms with Crippen molar-refractivity contribution in [2.45, 2.75) is 49.6 Å². The minimum atomic E-state index is -3.45. The second-order valence-corrected chi connectivity index (χ2v) is 10.3. The Morgan fingerprint density at radius 3 is 2.45 bits per heavy atom. The molecule has 0 bridgehead atoms. The van der Waals surface area contributed by atoms with Gasteiger partial charge in [0.1, 0.15) is 5.75 Å². The Bertz CT molecular complexity index is 916. The van der Waals surface area contributed by atoms with E-state index in [0.717, 1.165) is 37.7 Å². The van der Waals surface area contributed by atoms with Crippen LogP contribution in [-0.4, -0.2) is 49.3 Å². The van der Waals surface area contributed by atoms with Crippen LogP contribution in [0.3, 0.4) is 0 Å². The number of hydrogen-bond acceptors (Lipinski definition) is 5. The maximum absolute atomic E-state index is 12.7. The Kier molecular flexibility index (Phi) is 6.22. The zero-order chi connectivity index (χ0) is 20.3. The number of sulfonamides is 1. The minimum Gasteiger partial charge on any atom is -0.484 e. The molecule has 1 saturated carbocycles. The molecule has 2 aromatic rings. The number of carbonyl (C=O) groups excluding carboxylic acids is 1. The second-order valence-electron chi connectivity index (χ2n) is 7.61. The van der Waals surface area contributed by atoms with Crippen molar-refractivity contribution in [3.8, 4) is 5.75 Å². The van der Waals surface area contributed by atoms with E-state index in [4.69, 9.17) is 4.74 Å². The lowest BCUT2D eigenvalue weighted by molar-refractivity contribution is -0.134. The predicted molar refractivity (Wildman–Crippen MR) is 112 cm³/mol. The first-order chi connectivity index (χ1) is 14.0. The first kappa shape index (κ1) is 20.4. The van der Waals surface area contributed by atoms with Crippen LogP contribution in [0.1, 0.15) is 37.7 Å². The summed E-state index contributed by atoms with van der Waals surface area (Å²) in [5.41, 5.74) is 1.14. The van der Waals surface area contributed by atoms with Crippen molar-refractivity contribution in [2.75, 3.05) is 19.7 Å². The molecule has 0 N–H and O–H groups in total. The van der Waals surface area contributed by atoms with Crippen LogP contribution < -0.4 is 4.74 Å². The van der Waals surface area contributed by atoms with E-state index in [1.807, 2.05) is 16.3 Å². The lowest BCUT2D eigenvalue weighted by Crippen LogP contribution is -2.36. The summed E-state index contributed by atoms with van der Waals surface area (Å²) in [4.78, 5) is 14.8. The van der Waals surface area contributed by atoms with Gasteiger partial charge >= 0.3 is 0 Å². The Hall–Kier alpha value is -1.90. The molecule has 1 saturated heterocycles. The number of piperidine rings is 1. The number of nitrogens with zero attached hydrogens (tertiary/aromatic N) is 2. The van der Waals surface area contributed by atoms with E-state index in [0.29, 0.717) is 31.4 Å². The highest BCUT2D eigenvalue weighted by molar-refractivity contribution is 7.89. The quantitative estimate of drug-likeness (QED) is 0.638. The van der Waals surface area contributed by atoms with Crippen molar-refractivity contribution in [2.24, 2.45) is 0 Å². The fourth-order valence-electron chi connectivity index (χ4n) is 3.58. The molecule has 2 fully saturated rings. The van der Waals surface area contributed by atoms with Gasteiger partial charge in [0.2, 0.25) is 10.0 Å². The average molecular weight is 435 g/mol. The molecule has 4 rings (SSSR count). The SMILES string of the molecule is O=C(COc1ccc(S(=O)(=O)N2CCCCC2)cc1)N(Cc1ccsc1)C1CC1. The van der Waals surface area contributed by atoms with Gasteiger partial charge in [-0.1, -0.05) is 6.42 Å². The summed E-state index contributed by atoms with van der Waals surface area (Å²) < 4.78 is 32.6. The highest BCUT2D eigenvalue weighted by Crippen LogP contribution is 2.29. The summed E-state index contributed by atoms with van der Waals surface area (Å²) in [7, 11) is -3.45. The van der Waals surface area contributed by atoms with E-state index in [2.05, 4.69) is 5.38 Å². The van der Waals surface area contributed by atoms with Gasteiger partial charge in [0.25, 0.3) is 5.91 Å². The Morgan fingerprint density at radius 1 is 1.10 bits per heavy atom. The first-order valence-electron chi connectivity index (χ1n) is 10.1. The van der Waals surface area contributed by atoms with Crippen molar-refractivity contribution < 1.29 is 17.9 Å². The zero-order valence-electron chi connectivity index (χ0n) is 16.3. The van der Waals surface area contributed by atoms with Crippen LogP contribution in [0.2, 0.25) is 0 Å². The molecule has 2 heterocycles. The van der Waals surface area contributed by atoms with Gasteiger partial charge in [-0.15, -0.1) is 0 Å². The largest absolute Gasteiger partial charge is 0.484 e. The van der Waals surface area contributed by atoms with E-state index in [-0.39, 0.29) is 17.4 Å². The smallest absolute Gasteiger partial charge is 0.261 e. The third-order valence-corrected chi connectivity index (χ3v) is 8.02. The summed E-state index contributed by atoms with van der Waals surface area (Å²) in [6.45, 7) is 1.73. The predicted octanol–water partition coefficient (Wildman–Crippen LogP) is 3.49. The number of ether oxygens (including phenoxy) is 1. The van der Waals surface area contributed by atoms with Crippen LogP contribution in [0.4, 0.5) is 0 Å². The molecule has 0 radical (unpaired) electrons. The number of rotatable bonds is 8. The summed E-state index contributed by atoms with van der Waals surface area (Å²) >= 11 is 1.63. The number of carbonyl (C=O) groups is 1. The van der Waals surface area contributed by atoms with E-state index in [1.54, 1.807) is 39.9 Å². The summed E-state index contributed by atoms with van der Waals surface area (Å²) in [6, 6.07) is 8.73. The third kappa shape index (κ3) is 4.99. The van der Waals surface area contributed by atoms with Gasteiger partial charge in [-0.2, -0.15) is 15.6 Å². The van der Waals surface area contributed by atoms with E-state index >= 15 is 0 Å². The fraction of sp³-hybridized carbons (Fsp3) is 0.476. The number of thiophene rings is 1. The molecule has 29 heavy (non-hydrogen) atoms. The van der Waals surface area contributed by atoms with Crippen molar-refractivity contribution in [3.05, 3.63) is 46.7 Å². The summed E-state index contributed by atoms with van der Waals surface area (Å²) in [5, 5.41) is 4.08. The number of benzene rings is 1. The van der Waals surface area contributed by atoms with Crippen LogP contribution in [0, 0.1) is 0 Å². The highest BCUT2D eigenvalue weighted by Gasteiger charge is 2.32. The monoisotopic (exact) mass is 434 g/mol. The van der Waals surface area contributed by atoms with Gasteiger partial charge in [0, 0.05) is 25.7 Å². The maximum Gasteiger partial charge on any atom is 0.261 e. The molecule has 6 nitrogen and oxygen atoms in total. The Labute approximate surface area is 176 Å². The van der Waals surface area contributed by atoms with Crippen molar-refractivity contribution in [1.29, 1.82) is 0 Å². The molecule has 1 aromatic carbocycles. The second kappa shape index (κ2) is 8.85. The van der Waals surface area contributed by atoms with Crippen LogP contribution in [0.25, 0.3) is 0 Å². The number of amides is 1. The molecule has 0 atom stereocenters. The van der Waals surface area contributed by atoms with Gasteiger partial charge in [0.05, 0.1) is 4.90 Å². The lowest BCUT2D eigenvalue weighted by atomic mass is 10.2. The molecule has 156 valence electrons. The zero-order valence-corrected chi connectivity index (χ0v) is 18.0. The van der Waals surface area contributed by atoms with Crippen molar-refractivity contribution >= 4 is 27.3 Å². The van der Waals surface area contributed by atoms with Crippen LogP contribution in [0.5, 0.6) is 5.75 Å². The molecule has 0 spiro atoms. The number of hydrogen-bond donors (Lipinski definition) is 0. The van der Waals surface area contributed by atoms with E-state index in [9.17, 15) is 13.2 Å². The molecule has 8 heteroatoms. The van der Waals surface area contributed by atoms with Gasteiger partial charge in [-0.25, -0.2) is 8.42 Å². The maximum atomic E-state index is 12.7. The summed E-state index contributed by atoms with van der Waals surface area (Å²) in [6.07, 6.45) is 4.98. The molecular formula is C21H26N2O4S2. The van der Waals surface area contributed by atoms with E-state index < -0.39 is 10.0 Å². The van der Waals surface area contributed by atoms with Crippen LogP contribution in [-0.2, 0) is 21.4 Å². The lowest BCUT2D eigenvalue weighted by Gasteiger charge is -2.26. The minimum absolute atomic E-state index is 0.0382. The van der Waals surface area contributed by atoms with Crippen LogP contribution >= 0.6 is 11.3 Å². The van der Waals surface area contributed by atoms with Gasteiger partial charge in [0.15, 0.2) is 6.61 Å². The first-order valence-corrected chi connectivity index (χ1v) is 12.5. The molecule has 1 aliphatic heterocycles. The molecule has 1 aliphatic carbocycles. The fourth-order valence-corrected chi connectivity index (χ4v) is 5.75. The molecular weight excluding hydrogens is 408 g/mol. The standard InChI is InChI=1S/C21H26N2O4S2/c24-21(23(18-4-5-18)14-17-10-13-28-16-17)15-27-19-6-8-20(9-7-19)29(25,26)22-11-2-1-3-12-22/h6-10,13,16,18H,1-5,11-12,14-15H2.